The second-order valence-electron chi connectivity index (χ2n) is 5.09. The highest BCUT2D eigenvalue weighted by Crippen LogP contribution is 2.30. The summed E-state index contributed by atoms with van der Waals surface area (Å²) >= 11 is 5.67. The molecule has 2 nitrogen and oxygen atoms in total. The molecular weight excluding hydrogens is 234 g/mol. The monoisotopic (exact) mass is 255 g/mol. The van der Waals surface area contributed by atoms with Crippen molar-refractivity contribution in [1.29, 1.82) is 0 Å². The summed E-state index contributed by atoms with van der Waals surface area (Å²) < 4.78 is 5.39. The number of methoxy groups -OCH3 is 1. The van der Waals surface area contributed by atoms with Gasteiger partial charge in [0.05, 0.1) is 13.1 Å². The molecule has 0 saturated carbocycles. The molecule has 96 valence electrons. The second kappa shape index (κ2) is 5.74. The smallest absolute Gasteiger partial charge is 0.124 e. The first-order valence-electron chi connectivity index (χ1n) is 5.84. The number of rotatable bonds is 5. The third-order valence-corrected chi connectivity index (χ3v) is 3.30. The number of nitrogens with one attached hydrogen (secondary N) is 1. The quantitative estimate of drug-likeness (QED) is 0.643. The van der Waals surface area contributed by atoms with Gasteiger partial charge in [0.1, 0.15) is 5.75 Å². The van der Waals surface area contributed by atoms with Crippen LogP contribution in [0.3, 0.4) is 0 Å². The predicted molar refractivity (Wildman–Crippen MR) is 74.2 cm³/mol. The Labute approximate surface area is 109 Å². The molecular formula is C14H22ClNO. The SMILES string of the molecule is COc1c(C)cc(C(C)(C)CNCCl)cc1C. The Morgan fingerprint density at radius 3 is 2.18 bits per heavy atom. The van der Waals surface area contributed by atoms with Crippen molar-refractivity contribution in [3.63, 3.8) is 0 Å². The molecule has 0 fully saturated rings. The summed E-state index contributed by atoms with van der Waals surface area (Å²) in [7, 11) is 1.72. The normalized spacial score (nSPS) is 11.6. The van der Waals surface area contributed by atoms with Crippen LogP contribution in [0.5, 0.6) is 5.75 Å². The minimum atomic E-state index is 0.0662. The topological polar surface area (TPSA) is 21.3 Å². The largest absolute Gasteiger partial charge is 0.496 e. The van der Waals surface area contributed by atoms with Crippen LogP contribution in [0.25, 0.3) is 0 Å². The number of alkyl halides is 1. The van der Waals surface area contributed by atoms with Crippen molar-refractivity contribution in [3.8, 4) is 5.75 Å². The van der Waals surface area contributed by atoms with E-state index in [0.717, 1.165) is 12.3 Å². The van der Waals surface area contributed by atoms with Crippen LogP contribution in [0.15, 0.2) is 12.1 Å². The number of aryl methyl sites for hydroxylation is 2. The van der Waals surface area contributed by atoms with E-state index in [-0.39, 0.29) is 5.41 Å². The summed E-state index contributed by atoms with van der Waals surface area (Å²) in [6.07, 6.45) is 0. The molecule has 0 radical (unpaired) electrons. The molecule has 0 bridgehead atoms. The molecule has 0 spiro atoms. The van der Waals surface area contributed by atoms with Crippen LogP contribution in [0.2, 0.25) is 0 Å². The molecule has 17 heavy (non-hydrogen) atoms. The standard InChI is InChI=1S/C14H22ClNO/c1-10-6-12(7-11(2)13(10)17-5)14(3,4)8-16-9-15/h6-7,16H,8-9H2,1-5H3. The molecule has 0 aromatic heterocycles. The fraction of sp³-hybridized carbons (Fsp3) is 0.571. The third kappa shape index (κ3) is 3.36. The van der Waals surface area contributed by atoms with E-state index >= 15 is 0 Å². The lowest BCUT2D eigenvalue weighted by molar-refractivity contribution is 0.407. The second-order valence-corrected chi connectivity index (χ2v) is 5.35. The number of ether oxygens (including phenoxy) is 1. The van der Waals surface area contributed by atoms with Gasteiger partial charge >= 0.3 is 0 Å². The van der Waals surface area contributed by atoms with E-state index in [0.29, 0.717) is 6.00 Å². The zero-order valence-corrected chi connectivity index (χ0v) is 12.1. The molecule has 0 amide bonds. The lowest BCUT2D eigenvalue weighted by Crippen LogP contribution is -2.32. The number of hydrogen-bond donors (Lipinski definition) is 1. The highest BCUT2D eigenvalue weighted by molar-refractivity contribution is 6.17. The van der Waals surface area contributed by atoms with Crippen molar-refractivity contribution in [2.24, 2.45) is 0 Å². The van der Waals surface area contributed by atoms with Crippen LogP contribution in [0, 0.1) is 13.8 Å². The highest BCUT2D eigenvalue weighted by atomic mass is 35.5. The minimum absolute atomic E-state index is 0.0662. The van der Waals surface area contributed by atoms with Gasteiger partial charge in [0.2, 0.25) is 0 Å². The summed E-state index contributed by atoms with van der Waals surface area (Å²) in [5.74, 6) is 0.981. The van der Waals surface area contributed by atoms with E-state index in [4.69, 9.17) is 16.3 Å². The number of halogens is 1. The molecule has 0 aliphatic heterocycles. The van der Waals surface area contributed by atoms with Crippen molar-refractivity contribution in [2.45, 2.75) is 33.1 Å². The van der Waals surface area contributed by atoms with Crippen molar-refractivity contribution >= 4 is 11.6 Å². The Kier molecular flexibility index (Phi) is 4.84. The van der Waals surface area contributed by atoms with Crippen LogP contribution < -0.4 is 10.1 Å². The first-order chi connectivity index (χ1) is 7.92. The van der Waals surface area contributed by atoms with E-state index in [1.807, 2.05) is 0 Å². The predicted octanol–water partition coefficient (Wildman–Crippen LogP) is 3.38. The van der Waals surface area contributed by atoms with Gasteiger partial charge in [0.25, 0.3) is 0 Å². The third-order valence-electron chi connectivity index (χ3n) is 3.11. The molecule has 3 heteroatoms. The van der Waals surface area contributed by atoms with Gasteiger partial charge < -0.3 is 10.1 Å². The Balaban J connectivity index is 3.07. The molecule has 1 aromatic rings. The first kappa shape index (κ1) is 14.3. The number of hydrogen-bond acceptors (Lipinski definition) is 2. The van der Waals surface area contributed by atoms with Gasteiger partial charge in [-0.2, -0.15) is 0 Å². The summed E-state index contributed by atoms with van der Waals surface area (Å²) in [4.78, 5) is 0. The summed E-state index contributed by atoms with van der Waals surface area (Å²) in [6, 6.07) is 4.88. The van der Waals surface area contributed by atoms with E-state index in [1.54, 1.807) is 7.11 Å². The van der Waals surface area contributed by atoms with Crippen LogP contribution in [-0.2, 0) is 5.41 Å². The fourth-order valence-electron chi connectivity index (χ4n) is 2.12. The van der Waals surface area contributed by atoms with Gasteiger partial charge in [0.15, 0.2) is 0 Å². The lowest BCUT2D eigenvalue weighted by atomic mass is 9.83. The fourth-order valence-corrected chi connectivity index (χ4v) is 2.22. The summed E-state index contributed by atoms with van der Waals surface area (Å²) in [5, 5.41) is 3.19. The van der Waals surface area contributed by atoms with Crippen LogP contribution in [0.4, 0.5) is 0 Å². The summed E-state index contributed by atoms with van der Waals surface area (Å²) in [5.41, 5.74) is 3.74. The van der Waals surface area contributed by atoms with Gasteiger partial charge in [-0.1, -0.05) is 26.0 Å². The highest BCUT2D eigenvalue weighted by Gasteiger charge is 2.21. The molecule has 0 saturated heterocycles. The van der Waals surface area contributed by atoms with Gasteiger partial charge in [-0.05, 0) is 30.5 Å². The van der Waals surface area contributed by atoms with Gasteiger partial charge in [-0.3, -0.25) is 0 Å². The van der Waals surface area contributed by atoms with E-state index < -0.39 is 0 Å². The van der Waals surface area contributed by atoms with E-state index in [1.165, 1.54) is 16.7 Å². The lowest BCUT2D eigenvalue weighted by Gasteiger charge is -2.27. The van der Waals surface area contributed by atoms with E-state index in [9.17, 15) is 0 Å². The van der Waals surface area contributed by atoms with E-state index in [2.05, 4.69) is 45.1 Å². The first-order valence-corrected chi connectivity index (χ1v) is 6.38. The number of benzene rings is 1. The maximum atomic E-state index is 5.67. The molecule has 1 aromatic carbocycles. The van der Waals surface area contributed by atoms with Crippen molar-refractivity contribution < 1.29 is 4.74 Å². The van der Waals surface area contributed by atoms with Gasteiger partial charge in [-0.15, -0.1) is 11.6 Å². The Morgan fingerprint density at radius 1 is 1.24 bits per heavy atom. The van der Waals surface area contributed by atoms with Crippen LogP contribution in [0.1, 0.15) is 30.5 Å². The van der Waals surface area contributed by atoms with Crippen LogP contribution >= 0.6 is 11.6 Å². The Morgan fingerprint density at radius 2 is 1.76 bits per heavy atom. The Hall–Kier alpha value is -0.730. The molecule has 0 atom stereocenters. The molecule has 0 unspecified atom stereocenters. The van der Waals surface area contributed by atoms with Crippen molar-refractivity contribution in [3.05, 3.63) is 28.8 Å². The van der Waals surface area contributed by atoms with Gasteiger partial charge in [0, 0.05) is 12.0 Å². The molecule has 1 rings (SSSR count). The molecule has 0 aliphatic rings. The maximum absolute atomic E-state index is 5.67. The minimum Gasteiger partial charge on any atom is -0.496 e. The average molecular weight is 256 g/mol. The van der Waals surface area contributed by atoms with Crippen molar-refractivity contribution in [1.82, 2.24) is 5.32 Å². The zero-order chi connectivity index (χ0) is 13.1. The Bertz CT molecular complexity index is 365. The van der Waals surface area contributed by atoms with Crippen molar-refractivity contribution in [2.75, 3.05) is 19.7 Å². The molecule has 0 heterocycles. The molecule has 1 N–H and O–H groups in total. The van der Waals surface area contributed by atoms with Crippen LogP contribution in [-0.4, -0.2) is 19.7 Å². The zero-order valence-electron chi connectivity index (χ0n) is 11.4. The molecule has 0 aliphatic carbocycles. The average Bonchev–Trinajstić information content (AvgIpc) is 2.26. The summed E-state index contributed by atoms with van der Waals surface area (Å²) in [6.45, 7) is 9.46. The van der Waals surface area contributed by atoms with Gasteiger partial charge in [-0.25, -0.2) is 0 Å². The maximum Gasteiger partial charge on any atom is 0.124 e.